The number of aryl methyl sites for hydroxylation is 1. The van der Waals surface area contributed by atoms with E-state index in [1.54, 1.807) is 25.3 Å². The SMILES string of the molecule is COc1ccc(C(=O)NCc2cc(C)[nH]n2)cc1OCCCN. The van der Waals surface area contributed by atoms with Gasteiger partial charge in [0.05, 0.1) is 26.0 Å². The first-order chi connectivity index (χ1) is 11.1. The Hall–Kier alpha value is -2.54. The van der Waals surface area contributed by atoms with Gasteiger partial charge in [0.25, 0.3) is 5.91 Å². The Bertz CT molecular complexity index is 655. The summed E-state index contributed by atoms with van der Waals surface area (Å²) in [5.74, 6) is 0.919. The van der Waals surface area contributed by atoms with Crippen molar-refractivity contribution in [2.45, 2.75) is 19.9 Å². The van der Waals surface area contributed by atoms with Gasteiger partial charge in [0.1, 0.15) is 0 Å². The summed E-state index contributed by atoms with van der Waals surface area (Å²) in [5, 5.41) is 9.74. The number of methoxy groups -OCH3 is 1. The van der Waals surface area contributed by atoms with Crippen molar-refractivity contribution in [1.29, 1.82) is 0 Å². The molecule has 7 nitrogen and oxygen atoms in total. The van der Waals surface area contributed by atoms with Crippen LogP contribution in [0.15, 0.2) is 24.3 Å². The Balaban J connectivity index is 2.02. The third-order valence-corrected chi connectivity index (χ3v) is 3.22. The van der Waals surface area contributed by atoms with Crippen LogP contribution in [-0.4, -0.2) is 36.4 Å². The number of H-pyrrole nitrogens is 1. The fourth-order valence-electron chi connectivity index (χ4n) is 2.03. The maximum atomic E-state index is 12.2. The van der Waals surface area contributed by atoms with Gasteiger partial charge in [0.2, 0.25) is 0 Å². The van der Waals surface area contributed by atoms with Crippen molar-refractivity contribution in [1.82, 2.24) is 15.5 Å². The van der Waals surface area contributed by atoms with Crippen LogP contribution in [0.4, 0.5) is 0 Å². The van der Waals surface area contributed by atoms with Gasteiger partial charge in [0, 0.05) is 11.3 Å². The van der Waals surface area contributed by atoms with Gasteiger partial charge in [-0.15, -0.1) is 0 Å². The molecule has 0 aliphatic heterocycles. The highest BCUT2D eigenvalue weighted by Gasteiger charge is 2.11. The number of nitrogens with two attached hydrogens (primary N) is 1. The number of carbonyl (C=O) groups is 1. The van der Waals surface area contributed by atoms with Crippen LogP contribution in [0.2, 0.25) is 0 Å². The third kappa shape index (κ3) is 4.72. The number of nitrogens with one attached hydrogen (secondary N) is 2. The van der Waals surface area contributed by atoms with Crippen LogP contribution in [0, 0.1) is 6.92 Å². The average Bonchev–Trinajstić information content (AvgIpc) is 2.98. The number of aromatic nitrogens is 2. The van der Waals surface area contributed by atoms with Crippen LogP contribution < -0.4 is 20.5 Å². The van der Waals surface area contributed by atoms with Gasteiger partial charge in [-0.1, -0.05) is 0 Å². The molecular formula is C16H22N4O3. The molecule has 1 aromatic carbocycles. The molecule has 1 heterocycles. The van der Waals surface area contributed by atoms with E-state index in [0.717, 1.165) is 17.8 Å². The van der Waals surface area contributed by atoms with Gasteiger partial charge in [-0.2, -0.15) is 5.10 Å². The molecule has 0 saturated carbocycles. The van der Waals surface area contributed by atoms with E-state index in [2.05, 4.69) is 15.5 Å². The zero-order chi connectivity index (χ0) is 16.7. The van der Waals surface area contributed by atoms with Crippen molar-refractivity contribution in [3.05, 3.63) is 41.2 Å². The lowest BCUT2D eigenvalue weighted by Gasteiger charge is -2.12. The summed E-state index contributed by atoms with van der Waals surface area (Å²) in [7, 11) is 1.56. The number of amides is 1. The van der Waals surface area contributed by atoms with Crippen molar-refractivity contribution in [3.63, 3.8) is 0 Å². The van der Waals surface area contributed by atoms with Gasteiger partial charge < -0.3 is 20.5 Å². The molecule has 0 saturated heterocycles. The lowest BCUT2D eigenvalue weighted by molar-refractivity contribution is 0.0950. The lowest BCUT2D eigenvalue weighted by atomic mass is 10.2. The maximum absolute atomic E-state index is 12.2. The molecule has 0 unspecified atom stereocenters. The molecule has 0 fully saturated rings. The molecule has 0 aliphatic rings. The maximum Gasteiger partial charge on any atom is 0.251 e. The molecular weight excluding hydrogens is 296 g/mol. The summed E-state index contributed by atoms with van der Waals surface area (Å²) >= 11 is 0. The third-order valence-electron chi connectivity index (χ3n) is 3.22. The van der Waals surface area contributed by atoms with E-state index in [0.29, 0.717) is 36.8 Å². The molecule has 23 heavy (non-hydrogen) atoms. The average molecular weight is 318 g/mol. The first-order valence-electron chi connectivity index (χ1n) is 7.44. The minimum Gasteiger partial charge on any atom is -0.493 e. The monoisotopic (exact) mass is 318 g/mol. The van der Waals surface area contributed by atoms with E-state index in [4.69, 9.17) is 15.2 Å². The molecule has 7 heteroatoms. The van der Waals surface area contributed by atoms with E-state index in [9.17, 15) is 4.79 Å². The molecule has 0 radical (unpaired) electrons. The highest BCUT2D eigenvalue weighted by atomic mass is 16.5. The number of rotatable bonds is 8. The second kappa shape index (κ2) is 8.19. The van der Waals surface area contributed by atoms with Crippen molar-refractivity contribution < 1.29 is 14.3 Å². The Kier molecular flexibility index (Phi) is 5.99. The summed E-state index contributed by atoms with van der Waals surface area (Å²) in [4.78, 5) is 12.2. The van der Waals surface area contributed by atoms with Gasteiger partial charge >= 0.3 is 0 Å². The largest absolute Gasteiger partial charge is 0.493 e. The van der Waals surface area contributed by atoms with Gasteiger partial charge in [-0.3, -0.25) is 9.89 Å². The normalized spacial score (nSPS) is 10.4. The smallest absolute Gasteiger partial charge is 0.251 e. The molecule has 2 aromatic rings. The van der Waals surface area contributed by atoms with Crippen LogP contribution >= 0.6 is 0 Å². The predicted octanol–water partition coefficient (Wildman–Crippen LogP) is 1.38. The fourth-order valence-corrected chi connectivity index (χ4v) is 2.03. The van der Waals surface area contributed by atoms with Crippen molar-refractivity contribution in [2.24, 2.45) is 5.73 Å². The molecule has 2 rings (SSSR count). The van der Waals surface area contributed by atoms with Gasteiger partial charge in [-0.05, 0) is 44.2 Å². The summed E-state index contributed by atoms with van der Waals surface area (Å²) in [5.41, 5.74) is 7.69. The van der Waals surface area contributed by atoms with E-state index < -0.39 is 0 Å². The highest BCUT2D eigenvalue weighted by molar-refractivity contribution is 5.94. The summed E-state index contributed by atoms with van der Waals surface area (Å²) in [6, 6.07) is 6.96. The number of benzene rings is 1. The highest BCUT2D eigenvalue weighted by Crippen LogP contribution is 2.28. The second-order valence-electron chi connectivity index (χ2n) is 5.08. The standard InChI is InChI=1S/C16H22N4O3/c1-11-8-13(20-19-11)10-18-16(21)12-4-5-14(22-2)15(9-12)23-7-3-6-17/h4-5,8-9H,3,6-7,10,17H2,1-2H3,(H,18,21)(H,19,20). The number of ether oxygens (including phenoxy) is 2. The predicted molar refractivity (Wildman–Crippen MR) is 86.7 cm³/mol. The minimum absolute atomic E-state index is 0.197. The van der Waals surface area contributed by atoms with Crippen molar-refractivity contribution in [3.8, 4) is 11.5 Å². The first kappa shape index (κ1) is 16.8. The number of carbonyl (C=O) groups excluding carboxylic acids is 1. The Morgan fingerprint density at radius 1 is 1.35 bits per heavy atom. The summed E-state index contributed by atoms with van der Waals surface area (Å²) in [6.07, 6.45) is 0.734. The molecule has 0 atom stereocenters. The Morgan fingerprint density at radius 2 is 2.17 bits per heavy atom. The van der Waals surface area contributed by atoms with Crippen molar-refractivity contribution in [2.75, 3.05) is 20.3 Å². The van der Waals surface area contributed by atoms with Crippen LogP contribution in [0.5, 0.6) is 11.5 Å². The van der Waals surface area contributed by atoms with Gasteiger partial charge in [-0.25, -0.2) is 0 Å². The number of hydrogen-bond acceptors (Lipinski definition) is 5. The quantitative estimate of drug-likeness (QED) is 0.638. The molecule has 4 N–H and O–H groups in total. The van der Waals surface area contributed by atoms with Crippen LogP contribution in [-0.2, 0) is 6.54 Å². The van der Waals surface area contributed by atoms with E-state index in [1.165, 1.54) is 0 Å². The molecule has 0 bridgehead atoms. The molecule has 1 amide bonds. The minimum atomic E-state index is -0.197. The summed E-state index contributed by atoms with van der Waals surface area (Å²) < 4.78 is 10.9. The second-order valence-corrected chi connectivity index (χ2v) is 5.08. The number of aromatic amines is 1. The zero-order valence-corrected chi connectivity index (χ0v) is 13.4. The first-order valence-corrected chi connectivity index (χ1v) is 7.44. The zero-order valence-electron chi connectivity index (χ0n) is 13.4. The number of hydrogen-bond donors (Lipinski definition) is 3. The lowest BCUT2D eigenvalue weighted by Crippen LogP contribution is -2.23. The van der Waals surface area contributed by atoms with Crippen molar-refractivity contribution >= 4 is 5.91 Å². The van der Waals surface area contributed by atoms with E-state index in [-0.39, 0.29) is 5.91 Å². The van der Waals surface area contributed by atoms with Crippen LogP contribution in [0.25, 0.3) is 0 Å². The Labute approximate surface area is 135 Å². The number of nitrogens with zero attached hydrogens (tertiary/aromatic N) is 1. The molecule has 1 aromatic heterocycles. The molecule has 0 spiro atoms. The van der Waals surface area contributed by atoms with Crippen LogP contribution in [0.1, 0.15) is 28.2 Å². The topological polar surface area (TPSA) is 102 Å². The van der Waals surface area contributed by atoms with E-state index in [1.807, 2.05) is 13.0 Å². The molecule has 0 aliphatic carbocycles. The summed E-state index contributed by atoms with van der Waals surface area (Å²) in [6.45, 7) is 3.29. The fraction of sp³-hybridized carbons (Fsp3) is 0.375. The molecule has 124 valence electrons. The van der Waals surface area contributed by atoms with Gasteiger partial charge in [0.15, 0.2) is 11.5 Å². The van der Waals surface area contributed by atoms with E-state index >= 15 is 0 Å². The van der Waals surface area contributed by atoms with Crippen LogP contribution in [0.3, 0.4) is 0 Å². The Morgan fingerprint density at radius 3 is 2.83 bits per heavy atom.